The Balaban J connectivity index is 1.36. The van der Waals surface area contributed by atoms with Gasteiger partial charge in [-0.3, -0.25) is 18.6 Å². The highest BCUT2D eigenvalue weighted by atomic mass is 35.5. The Morgan fingerprint density at radius 1 is 1.12 bits per heavy atom. The Labute approximate surface area is 189 Å². The van der Waals surface area contributed by atoms with E-state index in [2.05, 4.69) is 15.5 Å². The van der Waals surface area contributed by atoms with E-state index >= 15 is 0 Å². The van der Waals surface area contributed by atoms with Crippen molar-refractivity contribution in [2.45, 2.75) is 25.8 Å². The summed E-state index contributed by atoms with van der Waals surface area (Å²) in [7, 11) is 1.61. The van der Waals surface area contributed by atoms with Crippen molar-refractivity contribution < 1.29 is 9.53 Å². The summed E-state index contributed by atoms with van der Waals surface area (Å²) in [5, 5.41) is 11.7. The van der Waals surface area contributed by atoms with Crippen LogP contribution in [0.1, 0.15) is 24.2 Å². The van der Waals surface area contributed by atoms with Crippen LogP contribution in [0.3, 0.4) is 0 Å². The van der Waals surface area contributed by atoms with Crippen LogP contribution in [0.4, 0.5) is 0 Å². The second-order valence-corrected chi connectivity index (χ2v) is 7.68. The molecule has 0 aliphatic carbocycles. The fourth-order valence-corrected chi connectivity index (χ4v) is 3.51. The van der Waals surface area contributed by atoms with Crippen LogP contribution in [0.15, 0.2) is 65.7 Å². The lowest BCUT2D eigenvalue weighted by atomic mass is 10.2. The molecule has 0 atom stereocenters. The number of hydrogen-bond donors (Lipinski definition) is 1. The number of nitrogens with one attached hydrogen (secondary N) is 1. The lowest BCUT2D eigenvalue weighted by Gasteiger charge is -2.07. The number of aromatic nitrogens is 4. The summed E-state index contributed by atoms with van der Waals surface area (Å²) in [5.41, 5.74) is 1.63. The molecule has 1 N–H and O–H groups in total. The number of ether oxygens (including phenoxy) is 1. The van der Waals surface area contributed by atoms with Gasteiger partial charge in [0.1, 0.15) is 11.6 Å². The standard InChI is InChI=1S/C23H22ClN5O3/c1-32-19-5-2-4-16(14-19)15-25-21(30)7-3-6-20-26-27-22-23(31)28(12-13-29(20)22)18-10-8-17(24)9-11-18/h2,4-5,8-14H,3,6-7,15H2,1H3,(H,25,30). The lowest BCUT2D eigenvalue weighted by Crippen LogP contribution is -2.22. The molecule has 0 unspecified atom stereocenters. The topological polar surface area (TPSA) is 90.5 Å². The van der Waals surface area contributed by atoms with Crippen LogP contribution in [0.5, 0.6) is 5.75 Å². The fourth-order valence-electron chi connectivity index (χ4n) is 3.39. The van der Waals surface area contributed by atoms with E-state index in [1.165, 1.54) is 4.57 Å². The van der Waals surface area contributed by atoms with Crippen molar-refractivity contribution in [3.05, 3.63) is 87.7 Å². The first kappa shape index (κ1) is 21.6. The van der Waals surface area contributed by atoms with Crippen molar-refractivity contribution in [3.63, 3.8) is 0 Å². The molecule has 0 aliphatic rings. The molecule has 32 heavy (non-hydrogen) atoms. The van der Waals surface area contributed by atoms with E-state index in [0.717, 1.165) is 11.3 Å². The van der Waals surface area contributed by atoms with Crippen LogP contribution in [0, 0.1) is 0 Å². The Hall–Kier alpha value is -3.65. The molecular weight excluding hydrogens is 430 g/mol. The molecule has 0 saturated heterocycles. The molecule has 164 valence electrons. The molecule has 0 spiro atoms. The third-order valence-electron chi connectivity index (χ3n) is 5.07. The minimum Gasteiger partial charge on any atom is -0.497 e. The van der Waals surface area contributed by atoms with Gasteiger partial charge in [0.25, 0.3) is 0 Å². The van der Waals surface area contributed by atoms with Gasteiger partial charge in [-0.15, -0.1) is 10.2 Å². The minimum absolute atomic E-state index is 0.0493. The number of fused-ring (bicyclic) bond motifs is 1. The summed E-state index contributed by atoms with van der Waals surface area (Å²) >= 11 is 5.92. The van der Waals surface area contributed by atoms with Gasteiger partial charge in [-0.1, -0.05) is 23.7 Å². The van der Waals surface area contributed by atoms with Gasteiger partial charge < -0.3 is 10.1 Å². The molecule has 4 rings (SSSR count). The number of aryl methyl sites for hydroxylation is 1. The van der Waals surface area contributed by atoms with E-state index in [1.54, 1.807) is 48.2 Å². The molecule has 1 amide bonds. The quantitative estimate of drug-likeness (QED) is 0.444. The Morgan fingerprint density at radius 2 is 1.94 bits per heavy atom. The average Bonchev–Trinajstić information content (AvgIpc) is 3.23. The zero-order valence-electron chi connectivity index (χ0n) is 17.5. The minimum atomic E-state index is -0.274. The average molecular weight is 452 g/mol. The number of carbonyl (C=O) groups is 1. The summed E-state index contributed by atoms with van der Waals surface area (Å²) in [6.07, 6.45) is 4.89. The van der Waals surface area contributed by atoms with Gasteiger partial charge in [-0.2, -0.15) is 0 Å². The second-order valence-electron chi connectivity index (χ2n) is 7.24. The molecule has 4 aromatic rings. The highest BCUT2D eigenvalue weighted by molar-refractivity contribution is 6.30. The maximum atomic E-state index is 12.8. The van der Waals surface area contributed by atoms with Crippen LogP contribution in [0.25, 0.3) is 11.3 Å². The van der Waals surface area contributed by atoms with Gasteiger partial charge in [0.2, 0.25) is 11.6 Å². The largest absolute Gasteiger partial charge is 0.497 e. The molecule has 0 fully saturated rings. The molecule has 8 nitrogen and oxygen atoms in total. The van der Waals surface area contributed by atoms with Crippen molar-refractivity contribution in [1.29, 1.82) is 0 Å². The van der Waals surface area contributed by atoms with Gasteiger partial charge >= 0.3 is 5.56 Å². The zero-order chi connectivity index (χ0) is 22.5. The Kier molecular flexibility index (Phi) is 6.51. The number of rotatable bonds is 8. The normalized spacial score (nSPS) is 10.9. The van der Waals surface area contributed by atoms with Gasteiger partial charge in [-0.25, -0.2) is 0 Å². The Bertz CT molecular complexity index is 1300. The van der Waals surface area contributed by atoms with Crippen molar-refractivity contribution in [1.82, 2.24) is 24.5 Å². The van der Waals surface area contributed by atoms with E-state index in [9.17, 15) is 9.59 Å². The predicted molar refractivity (Wildman–Crippen MR) is 121 cm³/mol. The summed E-state index contributed by atoms with van der Waals surface area (Å²) in [6.45, 7) is 0.439. The number of nitrogens with zero attached hydrogens (tertiary/aromatic N) is 4. The van der Waals surface area contributed by atoms with Crippen molar-refractivity contribution in [2.24, 2.45) is 0 Å². The van der Waals surface area contributed by atoms with E-state index in [4.69, 9.17) is 16.3 Å². The first-order valence-electron chi connectivity index (χ1n) is 10.2. The van der Waals surface area contributed by atoms with Crippen molar-refractivity contribution in [3.8, 4) is 11.4 Å². The van der Waals surface area contributed by atoms with Gasteiger partial charge in [0, 0.05) is 42.5 Å². The molecule has 0 saturated carbocycles. The molecule has 0 bridgehead atoms. The highest BCUT2D eigenvalue weighted by Gasteiger charge is 2.12. The monoisotopic (exact) mass is 451 g/mol. The van der Waals surface area contributed by atoms with Gasteiger partial charge in [-0.05, 0) is 48.4 Å². The summed E-state index contributed by atoms with van der Waals surface area (Å²) < 4.78 is 8.36. The van der Waals surface area contributed by atoms with Crippen LogP contribution in [0.2, 0.25) is 5.02 Å². The predicted octanol–water partition coefficient (Wildman–Crippen LogP) is 3.18. The first-order valence-corrected chi connectivity index (χ1v) is 10.5. The number of halogens is 1. The Morgan fingerprint density at radius 3 is 2.72 bits per heavy atom. The summed E-state index contributed by atoms with van der Waals surface area (Å²) in [6, 6.07) is 14.5. The number of carbonyl (C=O) groups excluding carboxylic acids is 1. The lowest BCUT2D eigenvalue weighted by molar-refractivity contribution is -0.121. The number of amides is 1. The molecule has 0 radical (unpaired) electrons. The fraction of sp³-hybridized carbons (Fsp3) is 0.217. The van der Waals surface area contributed by atoms with Gasteiger partial charge in [0.15, 0.2) is 0 Å². The van der Waals surface area contributed by atoms with Crippen LogP contribution < -0.4 is 15.6 Å². The van der Waals surface area contributed by atoms with E-state index in [0.29, 0.717) is 42.3 Å². The summed E-state index contributed by atoms with van der Waals surface area (Å²) in [4.78, 5) is 25.0. The SMILES string of the molecule is COc1cccc(CNC(=O)CCCc2nnc3c(=O)n(-c4ccc(Cl)cc4)ccn23)c1. The second kappa shape index (κ2) is 9.65. The van der Waals surface area contributed by atoms with Crippen molar-refractivity contribution >= 4 is 23.2 Å². The van der Waals surface area contributed by atoms with Crippen LogP contribution in [-0.4, -0.2) is 32.2 Å². The molecule has 0 aliphatic heterocycles. The maximum absolute atomic E-state index is 12.8. The maximum Gasteiger partial charge on any atom is 0.300 e. The molecule has 2 aromatic carbocycles. The van der Waals surface area contributed by atoms with E-state index in [-0.39, 0.29) is 17.1 Å². The van der Waals surface area contributed by atoms with Crippen LogP contribution >= 0.6 is 11.6 Å². The van der Waals surface area contributed by atoms with Crippen LogP contribution in [-0.2, 0) is 17.8 Å². The van der Waals surface area contributed by atoms with E-state index in [1.807, 2.05) is 24.3 Å². The third-order valence-corrected chi connectivity index (χ3v) is 5.33. The number of methoxy groups -OCH3 is 1. The van der Waals surface area contributed by atoms with Gasteiger partial charge in [0.05, 0.1) is 7.11 Å². The molecule has 2 aromatic heterocycles. The third kappa shape index (κ3) is 4.81. The number of benzene rings is 2. The molecule has 2 heterocycles. The molecular formula is C23H22ClN5O3. The number of hydrogen-bond acceptors (Lipinski definition) is 5. The summed E-state index contributed by atoms with van der Waals surface area (Å²) in [5.74, 6) is 1.35. The highest BCUT2D eigenvalue weighted by Crippen LogP contribution is 2.14. The zero-order valence-corrected chi connectivity index (χ0v) is 18.2. The molecule has 9 heteroatoms. The smallest absolute Gasteiger partial charge is 0.300 e. The first-order chi connectivity index (χ1) is 15.5. The van der Waals surface area contributed by atoms with E-state index < -0.39 is 0 Å². The van der Waals surface area contributed by atoms with Crippen molar-refractivity contribution in [2.75, 3.05) is 7.11 Å².